The van der Waals surface area contributed by atoms with Crippen LogP contribution in [-0.4, -0.2) is 68.0 Å². The first-order chi connectivity index (χ1) is 25.2. The molecule has 0 bridgehead atoms. The molecule has 0 radical (unpaired) electrons. The van der Waals surface area contributed by atoms with Gasteiger partial charge in [0.2, 0.25) is 0 Å². The molecule has 0 unspecified atom stereocenters. The first kappa shape index (κ1) is 46.3. The Morgan fingerprint density at radius 1 is 0.500 bits per heavy atom. The van der Waals surface area contributed by atoms with Crippen molar-refractivity contribution in [1.82, 2.24) is 9.80 Å². The summed E-state index contributed by atoms with van der Waals surface area (Å²) in [6.45, 7) is 24.5. The monoisotopic (exact) mass is 972 g/mol. The van der Waals surface area contributed by atoms with Crippen LogP contribution in [0.1, 0.15) is 86.8 Å². The first-order valence-corrected chi connectivity index (χ1v) is 36.5. The summed E-state index contributed by atoms with van der Waals surface area (Å²) in [4.78, 5) is 34.8. The minimum Gasteiger partial charge on any atom is -0.456 e. The summed E-state index contributed by atoms with van der Waals surface area (Å²) in [5.74, 6) is -0.0573. The number of rotatable bonds is 24. The van der Waals surface area contributed by atoms with Crippen molar-refractivity contribution in [3.05, 3.63) is 52.7 Å². The zero-order chi connectivity index (χ0) is 39.9. The molecule has 0 aromatic carbocycles. The van der Waals surface area contributed by atoms with Gasteiger partial charge in [-0.25, -0.2) is 0 Å². The minimum atomic E-state index is -1.58. The van der Waals surface area contributed by atoms with E-state index in [4.69, 9.17) is 8.23 Å². The molecule has 302 valence electrons. The van der Waals surface area contributed by atoms with E-state index in [9.17, 15) is 9.59 Å². The number of fused-ring (bicyclic) bond motifs is 1. The lowest BCUT2D eigenvalue weighted by molar-refractivity contribution is -0.124. The van der Waals surface area contributed by atoms with E-state index < -0.39 is 33.3 Å². The summed E-state index contributed by atoms with van der Waals surface area (Å²) in [5, 5.41) is 0. The number of carbonyl (C=O) groups is 2. The smallest absolute Gasteiger partial charge is 0.261 e. The Hall–Kier alpha value is -0.432. The van der Waals surface area contributed by atoms with Gasteiger partial charge >= 0.3 is 0 Å². The van der Waals surface area contributed by atoms with Crippen molar-refractivity contribution in [2.24, 2.45) is 0 Å². The molecule has 2 aliphatic heterocycles. The number of halogens is 2. The van der Waals surface area contributed by atoms with E-state index in [1.54, 1.807) is 22.7 Å². The third-order valence-electron chi connectivity index (χ3n) is 9.78. The quantitative estimate of drug-likeness (QED) is 0.0777. The highest BCUT2D eigenvalue weighted by Crippen LogP contribution is 2.49. The maximum absolute atomic E-state index is 14.5. The van der Waals surface area contributed by atoms with E-state index >= 15 is 0 Å². The van der Waals surface area contributed by atoms with Gasteiger partial charge in [-0.1, -0.05) is 64.2 Å². The molecular weight excluding hydrogens is 909 g/mol. The average molecular weight is 975 g/mol. The molecule has 4 rings (SSSR count). The van der Waals surface area contributed by atoms with Crippen molar-refractivity contribution in [2.45, 2.75) is 155 Å². The maximum atomic E-state index is 14.5. The van der Waals surface area contributed by atoms with Crippen LogP contribution in [0.5, 0.6) is 0 Å². The second kappa shape index (κ2) is 20.0. The SMILES string of the molecule is C[Si](C)(C)O[Si](C)(C)CCCCCCCCN1C(=O)C2=C(c3ccc(Br)s3)N(CCCCCCCC[Si](C)(C)O[Si](C)(C)C)C(=O)C2=C1c1ccc(Br)s1. The van der Waals surface area contributed by atoms with Gasteiger partial charge in [0.15, 0.2) is 33.3 Å². The Morgan fingerprint density at radius 3 is 1.11 bits per heavy atom. The lowest BCUT2D eigenvalue weighted by Crippen LogP contribution is -2.42. The van der Waals surface area contributed by atoms with Crippen LogP contribution < -0.4 is 0 Å². The fourth-order valence-electron chi connectivity index (χ4n) is 8.03. The van der Waals surface area contributed by atoms with Crippen LogP contribution in [0.15, 0.2) is 43.0 Å². The van der Waals surface area contributed by atoms with Crippen molar-refractivity contribution < 1.29 is 17.8 Å². The number of unbranched alkanes of at least 4 members (excludes halogenated alkanes) is 10. The van der Waals surface area contributed by atoms with Crippen LogP contribution in [0.25, 0.3) is 11.4 Å². The van der Waals surface area contributed by atoms with E-state index in [1.807, 2.05) is 21.9 Å². The number of hydrogen-bond donors (Lipinski definition) is 0. The molecule has 0 spiro atoms. The van der Waals surface area contributed by atoms with Gasteiger partial charge in [0.25, 0.3) is 11.8 Å². The summed E-state index contributed by atoms with van der Waals surface area (Å²) in [5.41, 5.74) is 2.78. The van der Waals surface area contributed by atoms with Crippen molar-refractivity contribution in [2.75, 3.05) is 13.1 Å². The van der Waals surface area contributed by atoms with E-state index in [1.165, 1.54) is 50.6 Å². The molecule has 2 aromatic heterocycles. The van der Waals surface area contributed by atoms with Crippen molar-refractivity contribution in [3.8, 4) is 0 Å². The van der Waals surface area contributed by atoms with Crippen LogP contribution >= 0.6 is 54.5 Å². The fraction of sp³-hybridized carbons (Fsp3) is 0.650. The predicted molar refractivity (Wildman–Crippen MR) is 250 cm³/mol. The molecule has 0 saturated carbocycles. The summed E-state index contributed by atoms with van der Waals surface area (Å²) >= 11 is 10.5. The number of carbonyl (C=O) groups excluding carboxylic acids is 2. The summed E-state index contributed by atoms with van der Waals surface area (Å²) in [7, 11) is -6.16. The molecule has 54 heavy (non-hydrogen) atoms. The Bertz CT molecular complexity index is 1540. The number of amides is 2. The molecule has 0 fully saturated rings. The Balaban J connectivity index is 1.38. The van der Waals surface area contributed by atoms with Crippen LogP contribution in [0.3, 0.4) is 0 Å². The van der Waals surface area contributed by atoms with Crippen LogP contribution in [0.2, 0.25) is 77.6 Å². The highest BCUT2D eigenvalue weighted by Gasteiger charge is 2.49. The molecule has 6 nitrogen and oxygen atoms in total. The normalized spacial score (nSPS) is 15.9. The van der Waals surface area contributed by atoms with E-state index in [-0.39, 0.29) is 11.8 Å². The molecular formula is C40H66Br2N2O4S2Si4. The molecule has 0 N–H and O–H groups in total. The summed E-state index contributed by atoms with van der Waals surface area (Å²) < 4.78 is 15.0. The van der Waals surface area contributed by atoms with Gasteiger partial charge in [-0.3, -0.25) is 9.59 Å². The first-order valence-electron chi connectivity index (χ1n) is 20.2. The predicted octanol–water partition coefficient (Wildman–Crippen LogP) is 13.9. The number of thiophene rings is 2. The van der Waals surface area contributed by atoms with Gasteiger partial charge in [0.05, 0.1) is 39.9 Å². The van der Waals surface area contributed by atoms with Gasteiger partial charge in [-0.05, 0) is 147 Å². The fourth-order valence-corrected chi connectivity index (χ4v) is 27.2. The Labute approximate surface area is 356 Å². The standard InChI is InChI=1S/C40H66Br2N2O4S2Si4/c1-51(2,3)47-53(7,8)29-21-17-13-11-15-19-27-43-37(31-23-25-33(41)49-31)35-36(39(43)45)38(32-24-26-34(42)50-32)44(40(35)46)28-20-16-12-14-18-22-30-54(9,10)48-52(4,5)6/h23-26H,11-22,27-30H2,1-10H3. The molecule has 4 heterocycles. The van der Waals surface area contributed by atoms with Crippen molar-refractivity contribution in [1.29, 1.82) is 0 Å². The second-order valence-electron chi connectivity index (χ2n) is 18.3. The third kappa shape index (κ3) is 13.9. The lowest BCUT2D eigenvalue weighted by Gasteiger charge is -2.31. The summed E-state index contributed by atoms with van der Waals surface area (Å²) in [6.07, 6.45) is 13.7. The van der Waals surface area contributed by atoms with Crippen molar-refractivity contribution in [3.63, 3.8) is 0 Å². The van der Waals surface area contributed by atoms with Gasteiger partial charge < -0.3 is 18.0 Å². The van der Waals surface area contributed by atoms with Gasteiger partial charge in [-0.15, -0.1) is 22.7 Å². The Kier molecular flexibility index (Phi) is 17.1. The van der Waals surface area contributed by atoms with Crippen molar-refractivity contribution >= 4 is 111 Å². The Morgan fingerprint density at radius 2 is 0.815 bits per heavy atom. The second-order valence-corrected chi connectivity index (χ2v) is 41.3. The largest absolute Gasteiger partial charge is 0.456 e. The number of hydrogen-bond acceptors (Lipinski definition) is 6. The highest BCUT2D eigenvalue weighted by molar-refractivity contribution is 9.11. The number of nitrogens with zero attached hydrogens (tertiary/aromatic N) is 2. The molecule has 2 amide bonds. The lowest BCUT2D eigenvalue weighted by atomic mass is 10.1. The van der Waals surface area contributed by atoms with Gasteiger partial charge in [0.1, 0.15) is 0 Å². The average Bonchev–Trinajstić information content (AvgIpc) is 3.78. The van der Waals surface area contributed by atoms with E-state index in [0.717, 1.165) is 67.2 Å². The maximum Gasteiger partial charge on any atom is 0.261 e. The molecule has 2 aliphatic rings. The molecule has 0 atom stereocenters. The van der Waals surface area contributed by atoms with Gasteiger partial charge in [0, 0.05) is 13.1 Å². The van der Waals surface area contributed by atoms with Crippen LogP contribution in [0, 0.1) is 0 Å². The molecule has 0 aliphatic carbocycles. The molecule has 14 heteroatoms. The summed E-state index contributed by atoms with van der Waals surface area (Å²) in [6, 6.07) is 10.6. The topological polar surface area (TPSA) is 59.1 Å². The minimum absolute atomic E-state index is 0.0286. The van der Waals surface area contributed by atoms with Crippen LogP contribution in [0.4, 0.5) is 0 Å². The zero-order valence-corrected chi connectivity index (χ0v) is 43.5. The molecule has 0 saturated heterocycles. The highest BCUT2D eigenvalue weighted by atomic mass is 79.9. The molecule has 2 aromatic rings. The zero-order valence-electron chi connectivity index (χ0n) is 34.7. The van der Waals surface area contributed by atoms with Gasteiger partial charge in [-0.2, -0.15) is 0 Å². The van der Waals surface area contributed by atoms with E-state index in [0.29, 0.717) is 24.2 Å². The van der Waals surface area contributed by atoms with E-state index in [2.05, 4.69) is 109 Å². The van der Waals surface area contributed by atoms with Crippen LogP contribution in [-0.2, 0) is 17.8 Å². The third-order valence-corrected chi connectivity index (χ3v) is 25.5.